The maximum absolute atomic E-state index is 12.4. The lowest BCUT2D eigenvalue weighted by Crippen LogP contribution is -2.39. The maximum atomic E-state index is 12.4. The van der Waals surface area contributed by atoms with Gasteiger partial charge in [0.05, 0.1) is 16.6 Å². The molecule has 4 rings (SSSR count). The van der Waals surface area contributed by atoms with Gasteiger partial charge in [-0.3, -0.25) is 4.98 Å². The average molecular weight is 284 g/mol. The molecule has 0 saturated carbocycles. The van der Waals surface area contributed by atoms with Crippen LogP contribution in [-0.4, -0.2) is 13.4 Å². The van der Waals surface area contributed by atoms with Gasteiger partial charge in [-0.15, -0.1) is 0 Å². The molecule has 20 heavy (non-hydrogen) atoms. The molecule has 0 saturated heterocycles. The first-order valence-electron chi connectivity index (χ1n) is 6.41. The summed E-state index contributed by atoms with van der Waals surface area (Å²) in [6, 6.07) is 10.6. The Morgan fingerprint density at radius 3 is 2.85 bits per heavy atom. The molecule has 0 bridgehead atoms. The highest BCUT2D eigenvalue weighted by molar-refractivity contribution is 7.89. The quantitative estimate of drug-likeness (QED) is 0.807. The predicted molar refractivity (Wildman–Crippen MR) is 75.5 cm³/mol. The smallest absolute Gasteiger partial charge is 0.241 e. The fourth-order valence-corrected chi connectivity index (χ4v) is 4.45. The first-order valence-corrected chi connectivity index (χ1v) is 7.89. The molecule has 1 aliphatic carbocycles. The molecule has 2 aromatic rings. The molecule has 4 nitrogen and oxygen atoms in total. The van der Waals surface area contributed by atoms with Gasteiger partial charge in [-0.05, 0) is 23.3 Å². The summed E-state index contributed by atoms with van der Waals surface area (Å²) < 4.78 is 27.5. The molecule has 0 amide bonds. The summed E-state index contributed by atoms with van der Waals surface area (Å²) in [5, 5.41) is 0. The van der Waals surface area contributed by atoms with Crippen molar-refractivity contribution in [1.29, 1.82) is 0 Å². The van der Waals surface area contributed by atoms with Gasteiger partial charge in [0, 0.05) is 12.1 Å². The van der Waals surface area contributed by atoms with Crippen LogP contribution in [0.15, 0.2) is 53.6 Å². The van der Waals surface area contributed by atoms with Crippen LogP contribution in [0, 0.1) is 0 Å². The molecule has 0 radical (unpaired) electrons. The number of hydrogen-bond donors (Lipinski definition) is 1. The minimum atomic E-state index is -3.48. The van der Waals surface area contributed by atoms with Gasteiger partial charge in [0.25, 0.3) is 0 Å². The maximum Gasteiger partial charge on any atom is 0.241 e. The van der Waals surface area contributed by atoms with Gasteiger partial charge in [-0.1, -0.05) is 36.4 Å². The topological polar surface area (TPSA) is 59.1 Å². The highest BCUT2D eigenvalue weighted by atomic mass is 32.2. The normalized spacial score (nSPS) is 25.4. The second-order valence-electron chi connectivity index (χ2n) is 5.00. The predicted octanol–water partition coefficient (Wildman–Crippen LogP) is 2.23. The molecular weight excluding hydrogens is 272 g/mol. The van der Waals surface area contributed by atoms with Crippen molar-refractivity contribution in [3.05, 3.63) is 65.5 Å². The molecule has 0 spiro atoms. The molecule has 2 aliphatic rings. The van der Waals surface area contributed by atoms with Crippen molar-refractivity contribution in [2.24, 2.45) is 0 Å². The van der Waals surface area contributed by atoms with Crippen LogP contribution in [-0.2, 0) is 10.0 Å². The van der Waals surface area contributed by atoms with E-state index >= 15 is 0 Å². The Labute approximate surface area is 117 Å². The van der Waals surface area contributed by atoms with E-state index in [2.05, 4.69) is 15.8 Å². The number of fused-ring (bicyclic) bond motifs is 5. The van der Waals surface area contributed by atoms with E-state index < -0.39 is 10.0 Å². The van der Waals surface area contributed by atoms with Crippen molar-refractivity contribution < 1.29 is 8.42 Å². The molecular formula is C15H12N2O2S. The third kappa shape index (κ3) is 1.57. The number of nitrogens with zero attached hydrogens (tertiary/aromatic N) is 1. The van der Waals surface area contributed by atoms with Crippen molar-refractivity contribution in [2.45, 2.75) is 16.9 Å². The van der Waals surface area contributed by atoms with Crippen LogP contribution >= 0.6 is 0 Å². The Hall–Kier alpha value is -1.98. The van der Waals surface area contributed by atoms with Gasteiger partial charge in [0.2, 0.25) is 10.0 Å². The SMILES string of the molecule is O=S1(=O)NC2c3ncccc3C=CC2c2ccccc21. The molecule has 2 heterocycles. The van der Waals surface area contributed by atoms with E-state index in [1.165, 1.54) is 0 Å². The summed E-state index contributed by atoms with van der Waals surface area (Å²) in [5.74, 6) is -0.00266. The van der Waals surface area contributed by atoms with Gasteiger partial charge < -0.3 is 0 Å². The zero-order valence-electron chi connectivity index (χ0n) is 10.5. The number of rotatable bonds is 0. The van der Waals surface area contributed by atoms with E-state index in [9.17, 15) is 8.42 Å². The Balaban J connectivity index is 1.98. The summed E-state index contributed by atoms with van der Waals surface area (Å²) in [6.45, 7) is 0. The fraction of sp³-hybridized carbons (Fsp3) is 0.133. The van der Waals surface area contributed by atoms with Crippen LogP contribution < -0.4 is 4.72 Å². The lowest BCUT2D eigenvalue weighted by Gasteiger charge is -2.34. The van der Waals surface area contributed by atoms with Crippen molar-refractivity contribution in [3.8, 4) is 0 Å². The molecule has 2 unspecified atom stereocenters. The third-order valence-corrected chi connectivity index (χ3v) is 5.37. The van der Waals surface area contributed by atoms with Gasteiger partial charge >= 0.3 is 0 Å². The minimum Gasteiger partial charge on any atom is -0.259 e. The van der Waals surface area contributed by atoms with E-state index in [0.717, 1.165) is 16.8 Å². The molecule has 2 atom stereocenters. The Morgan fingerprint density at radius 1 is 1.10 bits per heavy atom. The molecule has 1 N–H and O–H groups in total. The van der Waals surface area contributed by atoms with Gasteiger partial charge in [-0.2, -0.15) is 0 Å². The number of aromatic nitrogens is 1. The van der Waals surface area contributed by atoms with E-state index in [-0.39, 0.29) is 12.0 Å². The summed E-state index contributed by atoms with van der Waals surface area (Å²) >= 11 is 0. The molecule has 1 aromatic carbocycles. The van der Waals surface area contributed by atoms with Crippen molar-refractivity contribution >= 4 is 16.1 Å². The van der Waals surface area contributed by atoms with E-state index in [4.69, 9.17) is 0 Å². The van der Waals surface area contributed by atoms with Crippen molar-refractivity contribution in [3.63, 3.8) is 0 Å². The molecule has 100 valence electrons. The summed E-state index contributed by atoms with van der Waals surface area (Å²) in [7, 11) is -3.48. The van der Waals surface area contributed by atoms with E-state index in [0.29, 0.717) is 4.90 Å². The first kappa shape index (κ1) is 11.8. The largest absolute Gasteiger partial charge is 0.259 e. The Morgan fingerprint density at radius 2 is 1.95 bits per heavy atom. The number of hydrogen-bond acceptors (Lipinski definition) is 3. The average Bonchev–Trinajstić information content (AvgIpc) is 2.47. The first-order chi connectivity index (χ1) is 9.67. The highest BCUT2D eigenvalue weighted by Crippen LogP contribution is 2.43. The van der Waals surface area contributed by atoms with E-state index in [1.807, 2.05) is 30.3 Å². The monoisotopic (exact) mass is 284 g/mol. The van der Waals surface area contributed by atoms with Gasteiger partial charge in [0.1, 0.15) is 0 Å². The fourth-order valence-electron chi connectivity index (χ4n) is 2.96. The van der Waals surface area contributed by atoms with E-state index in [1.54, 1.807) is 18.3 Å². The number of sulfonamides is 1. The third-order valence-electron chi connectivity index (χ3n) is 3.86. The van der Waals surface area contributed by atoms with Gasteiger partial charge in [0.15, 0.2) is 0 Å². The van der Waals surface area contributed by atoms with Crippen LogP contribution in [0.1, 0.15) is 28.8 Å². The second-order valence-corrected chi connectivity index (χ2v) is 6.68. The van der Waals surface area contributed by atoms with Gasteiger partial charge in [-0.25, -0.2) is 13.1 Å². The van der Waals surface area contributed by atoms with Crippen LogP contribution in [0.3, 0.4) is 0 Å². The molecule has 0 fully saturated rings. The van der Waals surface area contributed by atoms with Crippen molar-refractivity contribution in [1.82, 2.24) is 9.71 Å². The Bertz CT molecular complexity index is 827. The van der Waals surface area contributed by atoms with Crippen molar-refractivity contribution in [2.75, 3.05) is 0 Å². The van der Waals surface area contributed by atoms with Crippen LogP contribution in [0.4, 0.5) is 0 Å². The Kier molecular flexibility index (Phi) is 2.37. The zero-order chi connectivity index (χ0) is 13.7. The molecule has 1 aromatic heterocycles. The molecule has 1 aliphatic heterocycles. The second kappa shape index (κ2) is 4.01. The number of pyridine rings is 1. The lowest BCUT2D eigenvalue weighted by molar-refractivity contribution is 0.502. The van der Waals surface area contributed by atoms with Crippen LogP contribution in [0.2, 0.25) is 0 Å². The summed E-state index contributed by atoms with van der Waals surface area (Å²) in [4.78, 5) is 4.73. The molecule has 5 heteroatoms. The minimum absolute atomic E-state index is 0.00266. The summed E-state index contributed by atoms with van der Waals surface area (Å²) in [6.07, 6.45) is 5.76. The van der Waals surface area contributed by atoms with Crippen LogP contribution in [0.25, 0.3) is 6.08 Å². The van der Waals surface area contributed by atoms with Crippen LogP contribution in [0.5, 0.6) is 0 Å². The standard InChI is InChI=1S/C15H12N2O2S/c18-20(19)13-6-2-1-5-11(13)12-8-7-10-4-3-9-16-14(10)15(12)17-20/h1-9,12,15,17H. The highest BCUT2D eigenvalue weighted by Gasteiger charge is 2.39. The lowest BCUT2D eigenvalue weighted by atomic mass is 9.84. The zero-order valence-corrected chi connectivity index (χ0v) is 11.3. The number of nitrogens with one attached hydrogen (secondary N) is 1. The number of benzene rings is 1. The summed E-state index contributed by atoms with van der Waals surface area (Å²) in [5.41, 5.74) is 2.60.